The number of rotatable bonds is 4. The summed E-state index contributed by atoms with van der Waals surface area (Å²) < 4.78 is 5.19. The van der Waals surface area contributed by atoms with Crippen LogP contribution in [0.4, 0.5) is 0 Å². The molecule has 1 aromatic rings. The minimum absolute atomic E-state index is 0.656. The van der Waals surface area contributed by atoms with E-state index in [0.717, 1.165) is 11.7 Å². The van der Waals surface area contributed by atoms with Crippen LogP contribution >= 0.6 is 0 Å². The number of benzene rings is 1. The van der Waals surface area contributed by atoms with Crippen molar-refractivity contribution < 1.29 is 4.74 Å². The van der Waals surface area contributed by atoms with Crippen molar-refractivity contribution in [3.05, 3.63) is 29.8 Å². The maximum absolute atomic E-state index is 5.19. The molecule has 1 aliphatic heterocycles. The summed E-state index contributed by atoms with van der Waals surface area (Å²) in [5.41, 5.74) is 1.43. The zero-order valence-corrected chi connectivity index (χ0v) is 10.9. The number of hydrogen-bond acceptors (Lipinski definition) is 2. The van der Waals surface area contributed by atoms with Gasteiger partial charge in [-0.05, 0) is 61.9 Å². The second-order valence-corrected chi connectivity index (χ2v) is 5.10. The third-order valence-electron chi connectivity index (χ3n) is 3.83. The van der Waals surface area contributed by atoms with Gasteiger partial charge < -0.3 is 10.1 Å². The van der Waals surface area contributed by atoms with Crippen LogP contribution in [0.5, 0.6) is 5.75 Å². The van der Waals surface area contributed by atoms with Crippen LogP contribution in [0.15, 0.2) is 24.3 Å². The summed E-state index contributed by atoms with van der Waals surface area (Å²) in [6.07, 6.45) is 3.98. The van der Waals surface area contributed by atoms with Crippen LogP contribution in [-0.4, -0.2) is 20.2 Å². The van der Waals surface area contributed by atoms with Crippen molar-refractivity contribution in [1.82, 2.24) is 5.32 Å². The molecule has 2 nitrogen and oxygen atoms in total. The molecule has 0 radical (unpaired) electrons. The predicted molar refractivity (Wildman–Crippen MR) is 71.6 cm³/mol. The lowest BCUT2D eigenvalue weighted by Gasteiger charge is -2.25. The minimum Gasteiger partial charge on any atom is -0.497 e. The van der Waals surface area contributed by atoms with Gasteiger partial charge in [-0.3, -0.25) is 0 Å². The molecule has 0 bridgehead atoms. The first-order valence-electron chi connectivity index (χ1n) is 6.64. The summed E-state index contributed by atoms with van der Waals surface area (Å²) in [6.45, 7) is 4.73. The number of piperidine rings is 1. The lowest BCUT2D eigenvalue weighted by molar-refractivity contribution is 0.336. The predicted octanol–water partition coefficient (Wildman–Crippen LogP) is 3.19. The average Bonchev–Trinajstić information content (AvgIpc) is 2.40. The Bertz CT molecular complexity index is 327. The fraction of sp³-hybridized carbons (Fsp3) is 0.600. The molecule has 1 unspecified atom stereocenters. The fourth-order valence-electron chi connectivity index (χ4n) is 2.69. The topological polar surface area (TPSA) is 21.3 Å². The zero-order valence-electron chi connectivity index (χ0n) is 10.9. The normalized spacial score (nSPS) is 18.9. The highest BCUT2D eigenvalue weighted by molar-refractivity contribution is 5.29. The maximum Gasteiger partial charge on any atom is 0.118 e. The second kappa shape index (κ2) is 6.06. The molecule has 1 heterocycles. The molecule has 1 saturated heterocycles. The van der Waals surface area contributed by atoms with E-state index in [-0.39, 0.29) is 0 Å². The largest absolute Gasteiger partial charge is 0.497 e. The molecule has 2 heteroatoms. The quantitative estimate of drug-likeness (QED) is 0.862. The van der Waals surface area contributed by atoms with Crippen molar-refractivity contribution in [2.45, 2.75) is 32.1 Å². The highest BCUT2D eigenvalue weighted by atomic mass is 16.5. The molecule has 1 aliphatic rings. The molecule has 1 fully saturated rings. The number of methoxy groups -OCH3 is 1. The standard InChI is InChI=1S/C15H23NO/c1-12(11-13-7-9-16-10-8-13)14-3-5-15(17-2)6-4-14/h3-6,12-13,16H,7-11H2,1-2H3. The molecule has 0 aliphatic carbocycles. The Morgan fingerprint density at radius 3 is 2.47 bits per heavy atom. The molecule has 94 valence electrons. The van der Waals surface area contributed by atoms with E-state index >= 15 is 0 Å². The average molecular weight is 233 g/mol. The summed E-state index contributed by atoms with van der Waals surface area (Å²) in [7, 11) is 1.72. The van der Waals surface area contributed by atoms with Gasteiger partial charge in [0.15, 0.2) is 0 Å². The van der Waals surface area contributed by atoms with E-state index in [4.69, 9.17) is 4.74 Å². The van der Waals surface area contributed by atoms with Gasteiger partial charge in [0.05, 0.1) is 7.11 Å². The fourth-order valence-corrected chi connectivity index (χ4v) is 2.69. The van der Waals surface area contributed by atoms with E-state index in [9.17, 15) is 0 Å². The van der Waals surface area contributed by atoms with E-state index in [2.05, 4.69) is 36.5 Å². The number of hydrogen-bond donors (Lipinski definition) is 1. The Labute approximate surface area is 104 Å². The van der Waals surface area contributed by atoms with Crippen LogP contribution in [0, 0.1) is 5.92 Å². The van der Waals surface area contributed by atoms with Gasteiger partial charge in [0, 0.05) is 0 Å². The molecule has 0 amide bonds. The summed E-state index contributed by atoms with van der Waals surface area (Å²) in [4.78, 5) is 0. The van der Waals surface area contributed by atoms with Gasteiger partial charge >= 0.3 is 0 Å². The van der Waals surface area contributed by atoms with Crippen molar-refractivity contribution in [3.8, 4) is 5.75 Å². The molecule has 17 heavy (non-hydrogen) atoms. The minimum atomic E-state index is 0.656. The van der Waals surface area contributed by atoms with Crippen molar-refractivity contribution >= 4 is 0 Å². The first-order valence-corrected chi connectivity index (χ1v) is 6.64. The van der Waals surface area contributed by atoms with Gasteiger partial charge in [0.1, 0.15) is 5.75 Å². The highest BCUT2D eigenvalue weighted by Crippen LogP contribution is 2.28. The van der Waals surface area contributed by atoms with E-state index in [0.29, 0.717) is 5.92 Å². The molecule has 1 atom stereocenters. The van der Waals surface area contributed by atoms with Crippen LogP contribution in [-0.2, 0) is 0 Å². The van der Waals surface area contributed by atoms with Gasteiger partial charge in [-0.1, -0.05) is 19.1 Å². The third kappa shape index (κ3) is 3.47. The number of ether oxygens (including phenoxy) is 1. The molecule has 1 N–H and O–H groups in total. The van der Waals surface area contributed by atoms with Crippen LogP contribution in [0.3, 0.4) is 0 Å². The first kappa shape index (κ1) is 12.4. The Kier molecular flexibility index (Phi) is 4.43. The highest BCUT2D eigenvalue weighted by Gasteiger charge is 2.17. The van der Waals surface area contributed by atoms with Crippen LogP contribution in [0.25, 0.3) is 0 Å². The molecular weight excluding hydrogens is 210 g/mol. The third-order valence-corrected chi connectivity index (χ3v) is 3.83. The molecule has 0 aromatic heterocycles. The van der Waals surface area contributed by atoms with Gasteiger partial charge in [0.25, 0.3) is 0 Å². The Balaban J connectivity index is 1.91. The second-order valence-electron chi connectivity index (χ2n) is 5.10. The summed E-state index contributed by atoms with van der Waals surface area (Å²) in [6, 6.07) is 8.53. The van der Waals surface area contributed by atoms with Crippen molar-refractivity contribution in [1.29, 1.82) is 0 Å². The van der Waals surface area contributed by atoms with Crippen LogP contribution in [0.2, 0.25) is 0 Å². The van der Waals surface area contributed by atoms with E-state index in [1.807, 2.05) is 0 Å². The van der Waals surface area contributed by atoms with Gasteiger partial charge in [-0.15, -0.1) is 0 Å². The van der Waals surface area contributed by atoms with Crippen molar-refractivity contribution in [2.75, 3.05) is 20.2 Å². The smallest absolute Gasteiger partial charge is 0.118 e. The van der Waals surface area contributed by atoms with Crippen molar-refractivity contribution in [3.63, 3.8) is 0 Å². The van der Waals surface area contributed by atoms with E-state index in [1.165, 1.54) is 37.9 Å². The number of nitrogens with one attached hydrogen (secondary N) is 1. The van der Waals surface area contributed by atoms with Gasteiger partial charge in [0.2, 0.25) is 0 Å². The Morgan fingerprint density at radius 2 is 1.88 bits per heavy atom. The summed E-state index contributed by atoms with van der Waals surface area (Å²) in [5.74, 6) is 2.50. The van der Waals surface area contributed by atoms with Crippen molar-refractivity contribution in [2.24, 2.45) is 5.92 Å². The van der Waals surface area contributed by atoms with Gasteiger partial charge in [-0.25, -0.2) is 0 Å². The molecule has 0 spiro atoms. The maximum atomic E-state index is 5.19. The monoisotopic (exact) mass is 233 g/mol. The SMILES string of the molecule is COc1ccc(C(C)CC2CCNCC2)cc1. The molecule has 0 saturated carbocycles. The molecule has 1 aromatic carbocycles. The first-order chi connectivity index (χ1) is 8.29. The van der Waals surface area contributed by atoms with Crippen LogP contribution in [0.1, 0.15) is 37.7 Å². The lowest BCUT2D eigenvalue weighted by atomic mass is 9.85. The van der Waals surface area contributed by atoms with Gasteiger partial charge in [-0.2, -0.15) is 0 Å². The van der Waals surface area contributed by atoms with E-state index in [1.54, 1.807) is 7.11 Å². The Morgan fingerprint density at radius 1 is 1.24 bits per heavy atom. The molecule has 2 rings (SSSR count). The molecular formula is C15H23NO. The van der Waals surface area contributed by atoms with Crippen LogP contribution < -0.4 is 10.1 Å². The summed E-state index contributed by atoms with van der Waals surface area (Å²) >= 11 is 0. The zero-order chi connectivity index (χ0) is 12.1. The Hall–Kier alpha value is -1.02. The lowest BCUT2D eigenvalue weighted by Crippen LogP contribution is -2.28. The summed E-state index contributed by atoms with van der Waals surface area (Å²) in [5, 5.41) is 3.43. The van der Waals surface area contributed by atoms with E-state index < -0.39 is 0 Å².